The fourth-order valence-electron chi connectivity index (χ4n) is 2.90. The van der Waals surface area contributed by atoms with Crippen molar-refractivity contribution >= 4 is 11.6 Å². The van der Waals surface area contributed by atoms with Gasteiger partial charge in [-0.05, 0) is 29.2 Å². The fourth-order valence-corrected chi connectivity index (χ4v) is 2.90. The number of aryl methyl sites for hydroxylation is 2. The Bertz CT molecular complexity index is 757. The molecule has 1 saturated heterocycles. The van der Waals surface area contributed by atoms with E-state index in [1.807, 2.05) is 0 Å². The lowest BCUT2D eigenvalue weighted by Crippen LogP contribution is -2.31. The molecule has 10 heteroatoms. The number of tetrazole rings is 1. The second-order valence-corrected chi connectivity index (χ2v) is 6.26. The number of carbonyl (C=O) groups is 1. The molecule has 3 heterocycles. The Labute approximate surface area is 144 Å². The van der Waals surface area contributed by atoms with Crippen molar-refractivity contribution in [3.05, 3.63) is 28.9 Å². The third-order valence-electron chi connectivity index (χ3n) is 4.37. The quantitative estimate of drug-likeness (QED) is 0.698. The Morgan fingerprint density at radius 1 is 1.44 bits per heavy atom. The van der Waals surface area contributed by atoms with E-state index in [0.717, 1.165) is 25.2 Å². The van der Waals surface area contributed by atoms with E-state index in [9.17, 15) is 9.59 Å². The number of hydrogen-bond donors (Lipinski definition) is 1. The van der Waals surface area contributed by atoms with Crippen molar-refractivity contribution in [2.24, 2.45) is 13.0 Å². The van der Waals surface area contributed by atoms with Gasteiger partial charge in [0.2, 0.25) is 5.91 Å². The molecule has 2 aromatic heterocycles. The predicted molar refractivity (Wildman–Crippen MR) is 89.9 cm³/mol. The molecule has 0 aromatic carbocycles. The molecule has 1 fully saturated rings. The Morgan fingerprint density at radius 2 is 2.32 bits per heavy atom. The van der Waals surface area contributed by atoms with Crippen LogP contribution in [-0.4, -0.2) is 55.5 Å². The van der Waals surface area contributed by atoms with E-state index in [4.69, 9.17) is 0 Å². The van der Waals surface area contributed by atoms with E-state index < -0.39 is 0 Å². The van der Waals surface area contributed by atoms with Crippen LogP contribution in [0.4, 0.5) is 5.69 Å². The van der Waals surface area contributed by atoms with Gasteiger partial charge >= 0.3 is 0 Å². The van der Waals surface area contributed by atoms with E-state index in [0.29, 0.717) is 31.8 Å². The Hall–Kier alpha value is -2.78. The van der Waals surface area contributed by atoms with Crippen LogP contribution in [0.1, 0.15) is 19.3 Å². The molecule has 0 saturated carbocycles. The first-order valence-electron chi connectivity index (χ1n) is 8.37. The van der Waals surface area contributed by atoms with Gasteiger partial charge in [0, 0.05) is 45.7 Å². The standard InChI is InChI=1S/C15H22N8O2/c1-21-15(25)7-13(9-18-21)22-6-4-12(10-22)8-16-14(24)3-2-5-23-11-17-19-20-23/h7,9,11-12H,2-6,8,10H2,1H3,(H,16,24)/t12-/m1/s1. The molecule has 2 aromatic rings. The van der Waals surface area contributed by atoms with Crippen LogP contribution in [0.25, 0.3) is 0 Å². The number of aromatic nitrogens is 6. The highest BCUT2D eigenvalue weighted by atomic mass is 16.1. The highest BCUT2D eigenvalue weighted by molar-refractivity contribution is 5.75. The maximum absolute atomic E-state index is 11.9. The lowest BCUT2D eigenvalue weighted by atomic mass is 10.1. The van der Waals surface area contributed by atoms with E-state index in [-0.39, 0.29) is 11.5 Å². The Morgan fingerprint density at radius 3 is 3.08 bits per heavy atom. The summed E-state index contributed by atoms with van der Waals surface area (Å²) in [5, 5.41) is 17.9. The second-order valence-electron chi connectivity index (χ2n) is 6.26. The van der Waals surface area contributed by atoms with Crippen molar-refractivity contribution < 1.29 is 4.79 Å². The van der Waals surface area contributed by atoms with Gasteiger partial charge in [-0.2, -0.15) is 5.10 Å². The van der Waals surface area contributed by atoms with Gasteiger partial charge in [-0.25, -0.2) is 9.36 Å². The SMILES string of the molecule is Cn1ncc(N2CC[C@H](CNC(=O)CCCn3cnnn3)C2)cc1=O. The van der Waals surface area contributed by atoms with Gasteiger partial charge in [0.1, 0.15) is 6.33 Å². The van der Waals surface area contributed by atoms with Crippen molar-refractivity contribution in [2.45, 2.75) is 25.8 Å². The van der Waals surface area contributed by atoms with Crippen molar-refractivity contribution in [1.82, 2.24) is 35.3 Å². The summed E-state index contributed by atoms with van der Waals surface area (Å²) in [6.07, 6.45) is 5.39. The average molecular weight is 346 g/mol. The Balaban J connectivity index is 1.38. The topological polar surface area (TPSA) is 111 Å². The zero-order valence-corrected chi connectivity index (χ0v) is 14.2. The molecular formula is C15H22N8O2. The van der Waals surface area contributed by atoms with E-state index >= 15 is 0 Å². The summed E-state index contributed by atoms with van der Waals surface area (Å²) in [5.74, 6) is 0.425. The van der Waals surface area contributed by atoms with Crippen LogP contribution in [0.15, 0.2) is 23.4 Å². The van der Waals surface area contributed by atoms with E-state index in [1.54, 1.807) is 24.0 Å². The van der Waals surface area contributed by atoms with Crippen LogP contribution in [0.2, 0.25) is 0 Å². The molecule has 0 aliphatic carbocycles. The van der Waals surface area contributed by atoms with Crippen molar-refractivity contribution in [1.29, 1.82) is 0 Å². The summed E-state index contributed by atoms with van der Waals surface area (Å²) in [4.78, 5) is 25.7. The number of hydrogen-bond acceptors (Lipinski definition) is 7. The van der Waals surface area contributed by atoms with Gasteiger partial charge in [0.15, 0.2) is 0 Å². The molecule has 0 unspecified atom stereocenters. The van der Waals surface area contributed by atoms with Crippen LogP contribution in [0.3, 0.4) is 0 Å². The molecule has 1 atom stereocenters. The summed E-state index contributed by atoms with van der Waals surface area (Å²) >= 11 is 0. The number of nitrogens with zero attached hydrogens (tertiary/aromatic N) is 7. The molecule has 0 bridgehead atoms. The molecule has 0 spiro atoms. The maximum Gasteiger partial charge on any atom is 0.268 e. The second kappa shape index (κ2) is 7.86. The number of amides is 1. The summed E-state index contributed by atoms with van der Waals surface area (Å²) in [6.45, 7) is 2.97. The molecule has 1 amide bonds. The van der Waals surface area contributed by atoms with Crippen molar-refractivity contribution in [2.75, 3.05) is 24.5 Å². The molecule has 0 radical (unpaired) electrons. The highest BCUT2D eigenvalue weighted by Gasteiger charge is 2.23. The van der Waals surface area contributed by atoms with E-state index in [1.165, 1.54) is 11.0 Å². The van der Waals surface area contributed by atoms with Gasteiger partial charge in [0.05, 0.1) is 11.9 Å². The number of anilines is 1. The normalized spacial score (nSPS) is 17.0. The molecule has 10 nitrogen and oxygen atoms in total. The van der Waals surface area contributed by atoms with E-state index in [2.05, 4.69) is 30.8 Å². The minimum absolute atomic E-state index is 0.0433. The molecule has 1 aliphatic heterocycles. The molecule has 25 heavy (non-hydrogen) atoms. The first kappa shape index (κ1) is 17.1. The summed E-state index contributed by atoms with van der Waals surface area (Å²) in [7, 11) is 1.63. The van der Waals surface area contributed by atoms with Crippen LogP contribution in [0, 0.1) is 5.92 Å². The van der Waals surface area contributed by atoms with Gasteiger partial charge in [-0.1, -0.05) is 0 Å². The monoisotopic (exact) mass is 346 g/mol. The summed E-state index contributed by atoms with van der Waals surface area (Å²) in [6, 6.07) is 1.60. The molecular weight excluding hydrogens is 324 g/mol. The zero-order valence-electron chi connectivity index (χ0n) is 14.2. The van der Waals surface area contributed by atoms with Crippen molar-refractivity contribution in [3.63, 3.8) is 0 Å². The Kier molecular flexibility index (Phi) is 5.36. The minimum atomic E-state index is -0.114. The third-order valence-corrected chi connectivity index (χ3v) is 4.37. The van der Waals surface area contributed by atoms with Gasteiger partial charge in [-0.15, -0.1) is 5.10 Å². The first-order valence-corrected chi connectivity index (χ1v) is 8.37. The lowest BCUT2D eigenvalue weighted by Gasteiger charge is -2.18. The fraction of sp³-hybridized carbons (Fsp3) is 0.600. The smallest absolute Gasteiger partial charge is 0.268 e. The first-order chi connectivity index (χ1) is 12.1. The van der Waals surface area contributed by atoms with Crippen molar-refractivity contribution in [3.8, 4) is 0 Å². The lowest BCUT2D eigenvalue weighted by molar-refractivity contribution is -0.121. The largest absolute Gasteiger partial charge is 0.370 e. The maximum atomic E-state index is 11.9. The average Bonchev–Trinajstić information content (AvgIpc) is 3.27. The van der Waals surface area contributed by atoms with Crippen LogP contribution < -0.4 is 15.8 Å². The molecule has 1 N–H and O–H groups in total. The molecule has 134 valence electrons. The minimum Gasteiger partial charge on any atom is -0.370 e. The number of rotatable bonds is 7. The molecule has 1 aliphatic rings. The van der Waals surface area contributed by atoms with Gasteiger partial charge < -0.3 is 10.2 Å². The summed E-state index contributed by atoms with van der Waals surface area (Å²) in [5.41, 5.74) is 0.732. The third kappa shape index (κ3) is 4.61. The van der Waals surface area contributed by atoms with Crippen LogP contribution >= 0.6 is 0 Å². The number of nitrogens with one attached hydrogen (secondary N) is 1. The van der Waals surface area contributed by atoms with Gasteiger partial charge in [-0.3, -0.25) is 9.59 Å². The van der Waals surface area contributed by atoms with Gasteiger partial charge in [0.25, 0.3) is 5.56 Å². The molecule has 3 rings (SSSR count). The zero-order chi connectivity index (χ0) is 17.6. The van der Waals surface area contributed by atoms with Crippen LogP contribution in [0.5, 0.6) is 0 Å². The van der Waals surface area contributed by atoms with Crippen LogP contribution in [-0.2, 0) is 18.4 Å². The number of carbonyl (C=O) groups excluding carboxylic acids is 1. The summed E-state index contributed by atoms with van der Waals surface area (Å²) < 4.78 is 2.92. The highest BCUT2D eigenvalue weighted by Crippen LogP contribution is 2.21. The predicted octanol–water partition coefficient (Wildman–Crippen LogP) is -0.810.